The van der Waals surface area contributed by atoms with E-state index in [4.69, 9.17) is 11.6 Å². The van der Waals surface area contributed by atoms with Gasteiger partial charge in [0.2, 0.25) is 5.82 Å². The van der Waals surface area contributed by atoms with E-state index in [1.807, 2.05) is 22.6 Å². The highest BCUT2D eigenvalue weighted by Crippen LogP contribution is 2.51. The summed E-state index contributed by atoms with van der Waals surface area (Å²) in [5.41, 5.74) is -5.41. The monoisotopic (exact) mass is 785 g/mol. The van der Waals surface area contributed by atoms with Gasteiger partial charge in [0.05, 0.1) is 22.0 Å². The van der Waals surface area contributed by atoms with E-state index in [0.717, 1.165) is 27.2 Å². The predicted octanol–water partition coefficient (Wildman–Crippen LogP) is 5.55. The summed E-state index contributed by atoms with van der Waals surface area (Å²) >= 11 is 8.30. The first-order valence-corrected chi connectivity index (χ1v) is 14.7. The third-order valence-electron chi connectivity index (χ3n) is 6.81. The third-order valence-corrected chi connectivity index (χ3v) is 7.73. The number of nitrogens with one attached hydrogen (secondary N) is 2. The van der Waals surface area contributed by atoms with Crippen LogP contribution in [0, 0.1) is 16.4 Å². The van der Waals surface area contributed by atoms with Crippen LogP contribution in [0.15, 0.2) is 36.5 Å². The van der Waals surface area contributed by atoms with Crippen LogP contribution in [0.3, 0.4) is 0 Å². The zero-order valence-corrected chi connectivity index (χ0v) is 26.1. The fourth-order valence-corrected chi connectivity index (χ4v) is 5.27. The summed E-state index contributed by atoms with van der Waals surface area (Å²) < 4.78 is 95.1. The molecule has 2 amide bonds. The quantitative estimate of drug-likeness (QED) is 0.168. The number of aromatic nitrogens is 7. The Morgan fingerprint density at radius 2 is 1.74 bits per heavy atom. The van der Waals surface area contributed by atoms with Crippen molar-refractivity contribution in [2.24, 2.45) is 5.92 Å². The van der Waals surface area contributed by atoms with Crippen LogP contribution in [0.1, 0.15) is 50.8 Å². The number of rotatable bonds is 9. The van der Waals surface area contributed by atoms with Gasteiger partial charge in [0, 0.05) is 16.3 Å². The third kappa shape index (κ3) is 6.65. The van der Waals surface area contributed by atoms with Gasteiger partial charge >= 0.3 is 18.0 Å². The molecule has 5 rings (SSSR count). The number of hydrogen-bond acceptors (Lipinski definition) is 7. The Morgan fingerprint density at radius 1 is 1.04 bits per heavy atom. The molecule has 46 heavy (non-hydrogen) atoms. The topological polar surface area (TPSA) is 133 Å². The van der Waals surface area contributed by atoms with Crippen LogP contribution in [0.25, 0.3) is 5.82 Å². The Labute approximate surface area is 273 Å². The van der Waals surface area contributed by atoms with Crippen molar-refractivity contribution in [1.82, 2.24) is 40.3 Å². The number of tetrazole rings is 1. The smallest absolute Gasteiger partial charge is 0.352 e. The molecule has 20 heteroatoms. The molecule has 0 radical (unpaired) electrons. The lowest BCUT2D eigenvalue weighted by atomic mass is 10.1. The first-order chi connectivity index (χ1) is 21.5. The number of halogens is 9. The average molecular weight is 786 g/mol. The van der Waals surface area contributed by atoms with Crippen LogP contribution in [0.5, 0.6) is 0 Å². The standard InChI is InChI=1S/C26H20ClF7IN9O2/c1-12-7-14(35)8-16(21(45)37-10-13-4-5-13)19(12)38-22(46)18-9-15(40-44(18)20-17(27)3-2-6-36-20)11-43-41-23(39-42-43)24(28,25(29,30)31)26(32,33)34/h2-3,6-9,13H,4-5,10-11H2,1H3,(H,37,45)(H,38,46). The number of amides is 2. The minimum Gasteiger partial charge on any atom is -0.352 e. The summed E-state index contributed by atoms with van der Waals surface area (Å²) in [4.78, 5) is 31.1. The molecule has 1 aromatic carbocycles. The van der Waals surface area contributed by atoms with Crippen LogP contribution in [-0.2, 0) is 12.2 Å². The fraction of sp³-hybridized carbons (Fsp3) is 0.346. The Balaban J connectivity index is 1.50. The summed E-state index contributed by atoms with van der Waals surface area (Å²) in [6.07, 6.45) is -9.55. The Bertz CT molecular complexity index is 1790. The second kappa shape index (κ2) is 12.4. The van der Waals surface area contributed by atoms with Gasteiger partial charge in [0.15, 0.2) is 5.82 Å². The highest BCUT2D eigenvalue weighted by Gasteiger charge is 2.76. The van der Waals surface area contributed by atoms with Gasteiger partial charge in [-0.15, -0.1) is 10.2 Å². The van der Waals surface area contributed by atoms with E-state index in [-0.39, 0.29) is 38.3 Å². The Hall–Kier alpha value is -3.88. The van der Waals surface area contributed by atoms with E-state index in [0.29, 0.717) is 18.0 Å². The Kier molecular flexibility index (Phi) is 9.01. The molecule has 1 fully saturated rings. The normalized spacial score (nSPS) is 14.0. The number of nitrogens with zero attached hydrogens (tertiary/aromatic N) is 7. The molecule has 3 aromatic heterocycles. The molecule has 0 unspecified atom stereocenters. The minimum atomic E-state index is -6.44. The summed E-state index contributed by atoms with van der Waals surface area (Å²) in [5.74, 6) is -3.20. The van der Waals surface area contributed by atoms with Crippen LogP contribution in [0.4, 0.5) is 36.4 Å². The second-order valence-electron chi connectivity index (χ2n) is 10.3. The van der Waals surface area contributed by atoms with Gasteiger partial charge in [-0.05, 0) is 89.4 Å². The second-order valence-corrected chi connectivity index (χ2v) is 11.9. The first-order valence-electron chi connectivity index (χ1n) is 13.2. The van der Waals surface area contributed by atoms with Gasteiger partial charge < -0.3 is 10.6 Å². The molecule has 2 N–H and O–H groups in total. The van der Waals surface area contributed by atoms with E-state index in [9.17, 15) is 40.3 Å². The highest BCUT2D eigenvalue weighted by molar-refractivity contribution is 14.1. The van der Waals surface area contributed by atoms with Gasteiger partial charge in [-0.25, -0.2) is 14.1 Å². The molecule has 1 saturated carbocycles. The number of pyridine rings is 1. The molecule has 0 bridgehead atoms. The largest absolute Gasteiger partial charge is 0.439 e. The molecule has 4 aromatic rings. The molecule has 0 spiro atoms. The van der Waals surface area contributed by atoms with Crippen LogP contribution < -0.4 is 10.6 Å². The SMILES string of the molecule is Cc1cc(I)cc(C(=O)NCC2CC2)c1NC(=O)c1cc(Cn2nnc(C(F)(C(F)(F)F)C(F)(F)F)n2)nn1-c1ncccc1Cl. The number of benzene rings is 1. The maximum atomic E-state index is 14.4. The van der Waals surface area contributed by atoms with Crippen molar-refractivity contribution in [2.45, 2.75) is 44.3 Å². The molecule has 11 nitrogen and oxygen atoms in total. The number of alkyl halides is 7. The Morgan fingerprint density at radius 3 is 2.37 bits per heavy atom. The highest BCUT2D eigenvalue weighted by atomic mass is 127. The van der Waals surface area contributed by atoms with E-state index < -0.39 is 42.2 Å². The van der Waals surface area contributed by atoms with Gasteiger partial charge in [0.25, 0.3) is 11.8 Å². The molecule has 244 valence electrons. The summed E-state index contributed by atoms with van der Waals surface area (Å²) in [6.45, 7) is 1.40. The lowest BCUT2D eigenvalue weighted by Gasteiger charge is -2.26. The van der Waals surface area contributed by atoms with Crippen molar-refractivity contribution in [3.8, 4) is 5.82 Å². The summed E-state index contributed by atoms with van der Waals surface area (Å²) in [5, 5.41) is 18.5. The molecule has 0 atom stereocenters. The van der Waals surface area contributed by atoms with E-state index in [2.05, 4.69) is 36.1 Å². The zero-order chi connectivity index (χ0) is 33.6. The van der Waals surface area contributed by atoms with Crippen molar-refractivity contribution in [3.63, 3.8) is 0 Å². The molecule has 1 aliphatic rings. The first kappa shape index (κ1) is 33.5. The van der Waals surface area contributed by atoms with Crippen LogP contribution in [-0.4, -0.2) is 65.7 Å². The maximum Gasteiger partial charge on any atom is 0.439 e. The van der Waals surface area contributed by atoms with Gasteiger partial charge in [0.1, 0.15) is 12.2 Å². The molecule has 1 aliphatic carbocycles. The summed E-state index contributed by atoms with van der Waals surface area (Å²) in [7, 11) is 0. The van der Waals surface area contributed by atoms with Gasteiger partial charge in [-0.3, -0.25) is 9.59 Å². The number of carbonyl (C=O) groups is 2. The molecular weight excluding hydrogens is 766 g/mol. The lowest BCUT2D eigenvalue weighted by molar-refractivity contribution is -0.351. The lowest BCUT2D eigenvalue weighted by Crippen LogP contribution is -2.51. The maximum absolute atomic E-state index is 14.4. The minimum absolute atomic E-state index is 0.0236. The molecular formula is C26H20ClF7IN9O2. The van der Waals surface area contributed by atoms with Crippen molar-refractivity contribution < 1.29 is 40.3 Å². The number of aryl methyl sites for hydroxylation is 1. The van der Waals surface area contributed by atoms with E-state index in [1.165, 1.54) is 18.3 Å². The van der Waals surface area contributed by atoms with Gasteiger partial charge in [-0.2, -0.15) is 36.2 Å². The molecule has 3 heterocycles. The van der Waals surface area contributed by atoms with Gasteiger partial charge in [-0.1, -0.05) is 11.6 Å². The van der Waals surface area contributed by atoms with Crippen molar-refractivity contribution in [1.29, 1.82) is 0 Å². The number of carbonyl (C=O) groups excluding carboxylic acids is 2. The van der Waals surface area contributed by atoms with Crippen LogP contribution >= 0.6 is 34.2 Å². The fourth-order valence-electron chi connectivity index (χ4n) is 4.29. The van der Waals surface area contributed by atoms with Crippen molar-refractivity contribution in [2.75, 3.05) is 11.9 Å². The van der Waals surface area contributed by atoms with Crippen LogP contribution in [0.2, 0.25) is 5.02 Å². The van der Waals surface area contributed by atoms with E-state index >= 15 is 0 Å². The average Bonchev–Trinajstić information content (AvgIpc) is 3.52. The molecule has 0 aliphatic heterocycles. The van der Waals surface area contributed by atoms with Crippen molar-refractivity contribution >= 4 is 51.7 Å². The molecule has 0 saturated heterocycles. The van der Waals surface area contributed by atoms with Crippen molar-refractivity contribution in [3.05, 3.63) is 73.5 Å². The number of hydrogen-bond donors (Lipinski definition) is 2. The zero-order valence-electron chi connectivity index (χ0n) is 23.2. The summed E-state index contributed by atoms with van der Waals surface area (Å²) in [6, 6.07) is 7.35. The van der Waals surface area contributed by atoms with E-state index in [1.54, 1.807) is 19.1 Å². The number of anilines is 1. The predicted molar refractivity (Wildman–Crippen MR) is 155 cm³/mol.